The first-order valence-electron chi connectivity index (χ1n) is 9.60. The van der Waals surface area contributed by atoms with Crippen molar-refractivity contribution >= 4 is 12.1 Å². The highest BCUT2D eigenvalue weighted by molar-refractivity contribution is 5.48. The molecule has 1 aliphatic carbocycles. The van der Waals surface area contributed by atoms with Crippen LogP contribution >= 0.6 is 0 Å². The Morgan fingerprint density at radius 3 is 2.64 bits per heavy atom. The molecular formula is C19H23F3N4O2. The van der Waals surface area contributed by atoms with E-state index in [1.807, 2.05) is 19.1 Å². The van der Waals surface area contributed by atoms with Crippen LogP contribution in [0.5, 0.6) is 0 Å². The summed E-state index contributed by atoms with van der Waals surface area (Å²) in [5.74, 6) is -1.20. The minimum atomic E-state index is -4.11. The number of halogens is 3. The number of hydrogen-bond donors (Lipinski definition) is 0. The average Bonchev–Trinajstić information content (AvgIpc) is 3.10. The number of aryl methyl sites for hydroxylation is 1. The first-order chi connectivity index (χ1) is 13.3. The largest absolute Gasteiger partial charge is 0.391 e. The second kappa shape index (κ2) is 7.35. The molecule has 1 saturated carbocycles. The van der Waals surface area contributed by atoms with E-state index in [-0.39, 0.29) is 24.9 Å². The molecule has 1 atom stereocenters. The third kappa shape index (κ3) is 3.72. The molecule has 0 bridgehead atoms. The Morgan fingerprint density at radius 1 is 1.21 bits per heavy atom. The number of carbonyl (C=O) groups excluding carboxylic acids is 1. The van der Waals surface area contributed by atoms with Gasteiger partial charge < -0.3 is 9.64 Å². The molecule has 0 spiro atoms. The van der Waals surface area contributed by atoms with Gasteiger partial charge in [0.05, 0.1) is 30.5 Å². The topological polar surface area (TPSA) is 59.7 Å². The van der Waals surface area contributed by atoms with Crippen LogP contribution in [0.3, 0.4) is 0 Å². The lowest BCUT2D eigenvalue weighted by atomic mass is 9.80. The molecule has 1 aliphatic heterocycles. The van der Waals surface area contributed by atoms with E-state index < -0.39 is 12.1 Å². The van der Waals surface area contributed by atoms with E-state index in [1.165, 1.54) is 0 Å². The number of ether oxygens (including phenoxy) is 1. The maximum atomic E-state index is 12.9. The van der Waals surface area contributed by atoms with Crippen molar-refractivity contribution < 1.29 is 22.7 Å². The molecule has 4 rings (SSSR count). The van der Waals surface area contributed by atoms with Crippen molar-refractivity contribution in [2.24, 2.45) is 5.92 Å². The van der Waals surface area contributed by atoms with Gasteiger partial charge in [-0.05, 0) is 38.7 Å². The van der Waals surface area contributed by atoms with Crippen LogP contribution in [-0.4, -0.2) is 51.8 Å². The van der Waals surface area contributed by atoms with E-state index in [9.17, 15) is 18.0 Å². The fourth-order valence-electron chi connectivity index (χ4n) is 4.24. The Kier molecular flexibility index (Phi) is 5.03. The van der Waals surface area contributed by atoms with Crippen LogP contribution in [-0.2, 0) is 9.53 Å². The van der Waals surface area contributed by atoms with Crippen molar-refractivity contribution in [1.29, 1.82) is 0 Å². The number of hydrogen-bond acceptors (Lipinski definition) is 4. The fourth-order valence-corrected chi connectivity index (χ4v) is 4.24. The number of aromatic nitrogens is 3. The van der Waals surface area contributed by atoms with Gasteiger partial charge in [0.1, 0.15) is 6.10 Å². The molecule has 152 valence electrons. The van der Waals surface area contributed by atoms with Gasteiger partial charge in [0.25, 0.3) is 0 Å². The van der Waals surface area contributed by atoms with Crippen LogP contribution < -0.4 is 0 Å². The summed E-state index contributed by atoms with van der Waals surface area (Å²) in [6, 6.07) is 3.76. The van der Waals surface area contributed by atoms with Crippen molar-refractivity contribution in [2.75, 3.05) is 19.7 Å². The summed E-state index contributed by atoms with van der Waals surface area (Å²) in [6.45, 7) is 3.32. The van der Waals surface area contributed by atoms with Gasteiger partial charge in [-0.15, -0.1) is 0 Å². The second-order valence-electron chi connectivity index (χ2n) is 7.71. The second-order valence-corrected chi connectivity index (χ2v) is 7.71. The summed E-state index contributed by atoms with van der Waals surface area (Å²) in [5.41, 5.74) is 3.06. The van der Waals surface area contributed by atoms with E-state index in [0.717, 1.165) is 23.5 Å². The van der Waals surface area contributed by atoms with Gasteiger partial charge in [-0.3, -0.25) is 4.79 Å². The average molecular weight is 396 g/mol. The first-order valence-corrected chi connectivity index (χ1v) is 9.60. The molecule has 1 amide bonds. The third-order valence-electron chi connectivity index (χ3n) is 5.79. The van der Waals surface area contributed by atoms with Crippen molar-refractivity contribution in [1.82, 2.24) is 19.5 Å². The van der Waals surface area contributed by atoms with E-state index in [0.29, 0.717) is 38.2 Å². The van der Waals surface area contributed by atoms with Gasteiger partial charge in [-0.2, -0.15) is 18.3 Å². The van der Waals surface area contributed by atoms with Crippen LogP contribution in [0.4, 0.5) is 13.2 Å². The zero-order valence-corrected chi connectivity index (χ0v) is 15.7. The summed E-state index contributed by atoms with van der Waals surface area (Å²) in [6.07, 6.45) is -2.38. The molecule has 2 aromatic rings. The molecule has 2 aromatic heterocycles. The van der Waals surface area contributed by atoms with Crippen molar-refractivity contribution in [3.63, 3.8) is 0 Å². The summed E-state index contributed by atoms with van der Waals surface area (Å²) < 4.78 is 46.4. The van der Waals surface area contributed by atoms with Gasteiger partial charge in [0, 0.05) is 24.2 Å². The van der Waals surface area contributed by atoms with Gasteiger partial charge in [-0.1, -0.05) is 0 Å². The Morgan fingerprint density at radius 2 is 1.96 bits per heavy atom. The zero-order valence-electron chi connectivity index (χ0n) is 15.7. The number of rotatable bonds is 3. The van der Waals surface area contributed by atoms with Crippen molar-refractivity contribution in [3.8, 4) is 0 Å². The molecule has 0 unspecified atom stereocenters. The number of morpholine rings is 1. The van der Waals surface area contributed by atoms with Crippen LogP contribution in [0.25, 0.3) is 5.65 Å². The molecule has 6 nitrogen and oxygen atoms in total. The van der Waals surface area contributed by atoms with E-state index in [1.54, 1.807) is 9.42 Å². The van der Waals surface area contributed by atoms with Crippen LogP contribution in [0.15, 0.2) is 12.1 Å². The van der Waals surface area contributed by atoms with E-state index >= 15 is 0 Å². The molecule has 0 radical (unpaired) electrons. The van der Waals surface area contributed by atoms with Crippen molar-refractivity contribution in [2.45, 2.75) is 50.8 Å². The molecule has 0 aromatic carbocycles. The summed E-state index contributed by atoms with van der Waals surface area (Å²) in [5, 5.41) is 4.68. The van der Waals surface area contributed by atoms with Gasteiger partial charge in [-0.25, -0.2) is 9.50 Å². The molecule has 2 aliphatic rings. The Bertz CT molecular complexity index is 859. The van der Waals surface area contributed by atoms with Crippen molar-refractivity contribution in [3.05, 3.63) is 29.2 Å². The van der Waals surface area contributed by atoms with E-state index in [2.05, 4.69) is 10.1 Å². The number of carbonyl (C=O) groups is 1. The molecular weight excluding hydrogens is 373 g/mol. The molecule has 3 heterocycles. The van der Waals surface area contributed by atoms with Gasteiger partial charge in [0.15, 0.2) is 5.65 Å². The van der Waals surface area contributed by atoms with Gasteiger partial charge in [0.2, 0.25) is 6.41 Å². The maximum absolute atomic E-state index is 12.9. The summed E-state index contributed by atoms with van der Waals surface area (Å²) >= 11 is 0. The number of fused-ring (bicyclic) bond motifs is 1. The lowest BCUT2D eigenvalue weighted by Crippen LogP contribution is -2.38. The highest BCUT2D eigenvalue weighted by Crippen LogP contribution is 2.42. The standard InChI is InChI=1S/C19H23F3N4O2/c1-12-8-16(17-10-25(11-27)6-7-28-17)26-18(23-12)9-15(24-26)13-2-4-14(5-3-13)19(20,21)22/h8-9,11,13-14,17H,2-7,10H2,1H3/t13-,14-,17-/m0/s1. The van der Waals surface area contributed by atoms with Crippen LogP contribution in [0, 0.1) is 12.8 Å². The third-order valence-corrected chi connectivity index (χ3v) is 5.79. The molecule has 9 heteroatoms. The maximum Gasteiger partial charge on any atom is 0.391 e. The molecule has 2 fully saturated rings. The van der Waals surface area contributed by atoms with Crippen LogP contribution in [0.2, 0.25) is 0 Å². The molecule has 0 N–H and O–H groups in total. The Balaban J connectivity index is 1.60. The van der Waals surface area contributed by atoms with Gasteiger partial charge >= 0.3 is 6.18 Å². The molecule has 1 saturated heterocycles. The minimum Gasteiger partial charge on any atom is -0.368 e. The lowest BCUT2D eigenvalue weighted by molar-refractivity contribution is -0.182. The Labute approximate surface area is 160 Å². The summed E-state index contributed by atoms with van der Waals surface area (Å²) in [7, 11) is 0. The SMILES string of the molecule is Cc1cc([C@@H]2CN(C=O)CCO2)n2nc([C@H]3CC[C@H](C(F)(F)F)CC3)cc2n1. The predicted octanol–water partition coefficient (Wildman–Crippen LogP) is 3.40. The zero-order chi connectivity index (χ0) is 19.9. The lowest BCUT2D eigenvalue weighted by Gasteiger charge is -2.30. The highest BCUT2D eigenvalue weighted by atomic mass is 19.4. The minimum absolute atomic E-state index is 0.00667. The monoisotopic (exact) mass is 396 g/mol. The quantitative estimate of drug-likeness (QED) is 0.746. The highest BCUT2D eigenvalue weighted by Gasteiger charge is 2.42. The van der Waals surface area contributed by atoms with Crippen LogP contribution in [0.1, 0.15) is 54.8 Å². The number of alkyl halides is 3. The van der Waals surface area contributed by atoms with E-state index in [4.69, 9.17) is 4.74 Å². The predicted molar refractivity (Wildman–Crippen MR) is 94.8 cm³/mol. The molecule has 28 heavy (non-hydrogen) atoms. The summed E-state index contributed by atoms with van der Waals surface area (Å²) in [4.78, 5) is 17.3. The first kappa shape index (κ1) is 19.2. The fraction of sp³-hybridized carbons (Fsp3) is 0.632. The number of amides is 1. The number of nitrogens with zero attached hydrogens (tertiary/aromatic N) is 4. The normalized spacial score (nSPS) is 26.6. The smallest absolute Gasteiger partial charge is 0.368 e. The Hall–Kier alpha value is -2.16.